The summed E-state index contributed by atoms with van der Waals surface area (Å²) in [6.45, 7) is 0. The third kappa shape index (κ3) is 4.57. The molecular weight excluding hydrogens is 238 g/mol. The van der Waals surface area contributed by atoms with Crippen molar-refractivity contribution in [2.75, 3.05) is 14.2 Å². The second-order valence-electron chi connectivity index (χ2n) is 4.02. The second kappa shape index (κ2) is 6.78. The Labute approximate surface area is 105 Å². The normalized spacial score (nSPS) is 16.1. The van der Waals surface area contributed by atoms with Crippen LogP contribution in [0.5, 0.6) is 0 Å². The molecule has 1 saturated carbocycles. The maximum Gasteiger partial charge on any atom is 0.330 e. The van der Waals surface area contributed by atoms with Gasteiger partial charge in [0.1, 0.15) is 6.04 Å². The van der Waals surface area contributed by atoms with Crippen molar-refractivity contribution in [3.05, 3.63) is 12.2 Å². The molecule has 1 rings (SSSR count). The summed E-state index contributed by atoms with van der Waals surface area (Å²) in [7, 11) is 2.52. The van der Waals surface area contributed by atoms with Crippen LogP contribution in [-0.4, -0.2) is 38.1 Å². The maximum atomic E-state index is 11.6. The summed E-state index contributed by atoms with van der Waals surface area (Å²) in [5.41, 5.74) is 0. The summed E-state index contributed by atoms with van der Waals surface area (Å²) in [6, 6.07) is -0.760. The van der Waals surface area contributed by atoms with Crippen molar-refractivity contribution in [3.63, 3.8) is 0 Å². The zero-order chi connectivity index (χ0) is 13.5. The minimum atomic E-state index is -0.760. The number of ether oxygens (including phenoxy) is 2. The van der Waals surface area contributed by atoms with Gasteiger partial charge in [0, 0.05) is 12.0 Å². The number of rotatable bonds is 6. The molecule has 6 heteroatoms. The quantitative estimate of drug-likeness (QED) is 0.540. The van der Waals surface area contributed by atoms with Gasteiger partial charge in [-0.05, 0) is 19.3 Å². The summed E-state index contributed by atoms with van der Waals surface area (Å²) < 4.78 is 9.01. The predicted molar refractivity (Wildman–Crippen MR) is 62.4 cm³/mol. The van der Waals surface area contributed by atoms with Crippen LogP contribution in [0.2, 0.25) is 0 Å². The van der Waals surface area contributed by atoms with Crippen LogP contribution >= 0.6 is 0 Å². The lowest BCUT2D eigenvalue weighted by Gasteiger charge is -2.14. The highest BCUT2D eigenvalue weighted by Gasteiger charge is 2.32. The molecule has 0 aliphatic heterocycles. The minimum absolute atomic E-state index is 0.0155. The Balaban J connectivity index is 2.49. The highest BCUT2D eigenvalue weighted by atomic mass is 16.5. The lowest BCUT2D eigenvalue weighted by molar-refractivity contribution is -0.145. The van der Waals surface area contributed by atoms with Crippen LogP contribution in [0.3, 0.4) is 0 Å². The molecule has 6 nitrogen and oxygen atoms in total. The number of esters is 2. The van der Waals surface area contributed by atoms with Gasteiger partial charge in [-0.1, -0.05) is 6.08 Å². The summed E-state index contributed by atoms with van der Waals surface area (Å²) in [5, 5.41) is 2.60. The van der Waals surface area contributed by atoms with Gasteiger partial charge in [-0.15, -0.1) is 0 Å². The van der Waals surface area contributed by atoms with Crippen LogP contribution < -0.4 is 5.32 Å². The molecule has 0 unspecified atom stereocenters. The first-order chi connectivity index (χ1) is 8.58. The number of methoxy groups -OCH3 is 2. The van der Waals surface area contributed by atoms with E-state index in [0.29, 0.717) is 0 Å². The van der Waals surface area contributed by atoms with Crippen LogP contribution in [0, 0.1) is 5.92 Å². The van der Waals surface area contributed by atoms with Gasteiger partial charge in [0.2, 0.25) is 5.91 Å². The monoisotopic (exact) mass is 255 g/mol. The Bertz CT molecular complexity index is 359. The lowest BCUT2D eigenvalue weighted by atomic mass is 10.2. The van der Waals surface area contributed by atoms with Gasteiger partial charge in [-0.3, -0.25) is 4.79 Å². The van der Waals surface area contributed by atoms with Crippen LogP contribution in [0.1, 0.15) is 19.3 Å². The highest BCUT2D eigenvalue weighted by Crippen LogP contribution is 2.29. The van der Waals surface area contributed by atoms with Crippen LogP contribution in [0.25, 0.3) is 0 Å². The van der Waals surface area contributed by atoms with E-state index < -0.39 is 18.0 Å². The number of hydrogen-bond donors (Lipinski definition) is 1. The first-order valence-corrected chi connectivity index (χ1v) is 5.71. The SMILES string of the molecule is COC(=O)/C=C/C[C@@H](NC(=O)C1CC1)C(=O)OC. The van der Waals surface area contributed by atoms with Crippen LogP contribution in [0.15, 0.2) is 12.2 Å². The van der Waals surface area contributed by atoms with Crippen LogP contribution in [-0.2, 0) is 23.9 Å². The third-order valence-electron chi connectivity index (χ3n) is 2.58. The Morgan fingerprint density at radius 1 is 1.28 bits per heavy atom. The summed E-state index contributed by atoms with van der Waals surface area (Å²) in [6.07, 6.45) is 4.59. The Morgan fingerprint density at radius 2 is 1.94 bits per heavy atom. The molecule has 1 aliphatic rings. The molecule has 1 fully saturated rings. The zero-order valence-electron chi connectivity index (χ0n) is 10.5. The highest BCUT2D eigenvalue weighted by molar-refractivity contribution is 5.87. The number of carbonyl (C=O) groups excluding carboxylic acids is 3. The van der Waals surface area contributed by atoms with Crippen molar-refractivity contribution in [1.29, 1.82) is 0 Å². The molecule has 0 spiro atoms. The molecule has 0 saturated heterocycles. The van der Waals surface area contributed by atoms with E-state index in [1.165, 1.54) is 26.4 Å². The zero-order valence-corrected chi connectivity index (χ0v) is 10.5. The largest absolute Gasteiger partial charge is 0.467 e. The molecule has 0 aromatic carbocycles. The van der Waals surface area contributed by atoms with Gasteiger partial charge in [0.25, 0.3) is 0 Å². The molecule has 0 aromatic heterocycles. The Hall–Kier alpha value is -1.85. The first-order valence-electron chi connectivity index (χ1n) is 5.71. The van der Waals surface area contributed by atoms with E-state index >= 15 is 0 Å². The smallest absolute Gasteiger partial charge is 0.330 e. The number of amides is 1. The van der Waals surface area contributed by atoms with Crippen LogP contribution in [0.4, 0.5) is 0 Å². The molecule has 1 atom stereocenters. The van der Waals surface area contributed by atoms with Crippen molar-refractivity contribution in [1.82, 2.24) is 5.32 Å². The summed E-state index contributed by atoms with van der Waals surface area (Å²) in [5.74, 6) is -1.16. The predicted octanol–water partition coefficient (Wildman–Crippen LogP) is 0.173. The fourth-order valence-electron chi connectivity index (χ4n) is 1.36. The first kappa shape index (κ1) is 14.2. The number of hydrogen-bond acceptors (Lipinski definition) is 5. The molecule has 0 aromatic rings. The van der Waals surface area contributed by atoms with Gasteiger partial charge in [-0.2, -0.15) is 0 Å². The average Bonchev–Trinajstić information content (AvgIpc) is 3.20. The third-order valence-corrected chi connectivity index (χ3v) is 2.58. The van der Waals surface area contributed by atoms with E-state index in [2.05, 4.69) is 14.8 Å². The molecule has 1 aliphatic carbocycles. The van der Waals surface area contributed by atoms with Crippen molar-refractivity contribution in [3.8, 4) is 0 Å². The fourth-order valence-corrected chi connectivity index (χ4v) is 1.36. The average molecular weight is 255 g/mol. The standard InChI is InChI=1S/C12H17NO5/c1-17-10(14)5-3-4-9(12(16)18-2)13-11(15)8-6-7-8/h3,5,8-9H,4,6-7H2,1-2H3,(H,13,15)/b5-3+/t9-/m1/s1. The van der Waals surface area contributed by atoms with Gasteiger partial charge < -0.3 is 14.8 Å². The molecule has 0 radical (unpaired) electrons. The molecule has 18 heavy (non-hydrogen) atoms. The molecule has 1 N–H and O–H groups in total. The van der Waals surface area contributed by atoms with E-state index in [1.54, 1.807) is 0 Å². The van der Waals surface area contributed by atoms with Gasteiger partial charge in [0.05, 0.1) is 14.2 Å². The van der Waals surface area contributed by atoms with Gasteiger partial charge in [-0.25, -0.2) is 9.59 Å². The topological polar surface area (TPSA) is 81.7 Å². The summed E-state index contributed by atoms with van der Waals surface area (Å²) in [4.78, 5) is 33.9. The van der Waals surface area contributed by atoms with E-state index in [9.17, 15) is 14.4 Å². The molecular formula is C12H17NO5. The Morgan fingerprint density at radius 3 is 2.44 bits per heavy atom. The molecule has 100 valence electrons. The van der Waals surface area contributed by atoms with Crippen molar-refractivity contribution in [2.24, 2.45) is 5.92 Å². The van der Waals surface area contributed by atoms with Gasteiger partial charge >= 0.3 is 11.9 Å². The number of carbonyl (C=O) groups is 3. The van der Waals surface area contributed by atoms with E-state index in [-0.39, 0.29) is 18.2 Å². The van der Waals surface area contributed by atoms with Crippen molar-refractivity contribution < 1.29 is 23.9 Å². The molecule has 1 amide bonds. The van der Waals surface area contributed by atoms with E-state index in [1.807, 2.05) is 0 Å². The molecule has 0 bridgehead atoms. The van der Waals surface area contributed by atoms with Crippen molar-refractivity contribution in [2.45, 2.75) is 25.3 Å². The minimum Gasteiger partial charge on any atom is -0.467 e. The van der Waals surface area contributed by atoms with E-state index in [4.69, 9.17) is 0 Å². The fraction of sp³-hybridized carbons (Fsp3) is 0.583. The summed E-state index contributed by atoms with van der Waals surface area (Å²) >= 11 is 0. The van der Waals surface area contributed by atoms with Gasteiger partial charge in [0.15, 0.2) is 0 Å². The van der Waals surface area contributed by atoms with Crippen molar-refractivity contribution >= 4 is 17.8 Å². The lowest BCUT2D eigenvalue weighted by Crippen LogP contribution is -2.41. The molecule has 0 heterocycles. The van der Waals surface area contributed by atoms with E-state index in [0.717, 1.165) is 12.8 Å². The Kier molecular flexibility index (Phi) is 5.35. The maximum absolute atomic E-state index is 11.6. The number of nitrogens with one attached hydrogen (secondary N) is 1. The second-order valence-corrected chi connectivity index (χ2v) is 4.02.